The van der Waals surface area contributed by atoms with Gasteiger partial charge in [0.25, 0.3) is 5.91 Å². The molecule has 0 saturated carbocycles. The Balaban J connectivity index is 2.10. The SMILES string of the molecule is CCn1nc(C(=O)Nc2cccc(C)n2)c(=O)c2cc(F)ccc21. The molecule has 0 aliphatic carbocycles. The van der Waals surface area contributed by atoms with E-state index in [0.717, 1.165) is 11.8 Å². The van der Waals surface area contributed by atoms with Crippen molar-refractivity contribution in [3.05, 3.63) is 63.8 Å². The van der Waals surface area contributed by atoms with Gasteiger partial charge in [-0.15, -0.1) is 0 Å². The third-order valence-electron chi connectivity index (χ3n) is 3.56. The lowest BCUT2D eigenvalue weighted by Crippen LogP contribution is -2.27. The topological polar surface area (TPSA) is 76.9 Å². The van der Waals surface area contributed by atoms with Gasteiger partial charge in [0, 0.05) is 12.2 Å². The lowest BCUT2D eigenvalue weighted by molar-refractivity contribution is 0.101. The molecule has 0 aliphatic rings. The third kappa shape index (κ3) is 2.88. The number of carbonyl (C=O) groups is 1. The largest absolute Gasteiger partial charge is 0.305 e. The Kier molecular flexibility index (Phi) is 4.07. The maximum Gasteiger partial charge on any atom is 0.281 e. The number of hydrogen-bond acceptors (Lipinski definition) is 4. The molecule has 0 spiro atoms. The zero-order valence-corrected chi connectivity index (χ0v) is 13.2. The van der Waals surface area contributed by atoms with Gasteiger partial charge in [0.2, 0.25) is 5.43 Å². The smallest absolute Gasteiger partial charge is 0.281 e. The highest BCUT2D eigenvalue weighted by Gasteiger charge is 2.18. The number of anilines is 1. The highest BCUT2D eigenvalue weighted by molar-refractivity contribution is 6.03. The number of hydrogen-bond donors (Lipinski definition) is 1. The molecule has 0 atom stereocenters. The molecule has 0 unspecified atom stereocenters. The van der Waals surface area contributed by atoms with Gasteiger partial charge in [0.15, 0.2) is 5.69 Å². The van der Waals surface area contributed by atoms with Crippen molar-refractivity contribution < 1.29 is 9.18 Å². The van der Waals surface area contributed by atoms with Crippen LogP contribution in [-0.2, 0) is 6.54 Å². The molecule has 1 N–H and O–H groups in total. The summed E-state index contributed by atoms with van der Waals surface area (Å²) < 4.78 is 15.0. The maximum absolute atomic E-state index is 13.5. The molecule has 1 amide bonds. The highest BCUT2D eigenvalue weighted by Crippen LogP contribution is 2.13. The van der Waals surface area contributed by atoms with Crippen LogP contribution in [0.25, 0.3) is 10.9 Å². The summed E-state index contributed by atoms with van der Waals surface area (Å²) in [4.78, 5) is 29.1. The van der Waals surface area contributed by atoms with Gasteiger partial charge in [-0.25, -0.2) is 9.37 Å². The molecule has 2 aromatic heterocycles. The fourth-order valence-corrected chi connectivity index (χ4v) is 2.44. The fourth-order valence-electron chi connectivity index (χ4n) is 2.44. The fraction of sp³-hybridized carbons (Fsp3) is 0.176. The number of halogens is 1. The van der Waals surface area contributed by atoms with Crippen molar-refractivity contribution in [2.75, 3.05) is 5.32 Å². The molecule has 122 valence electrons. The van der Waals surface area contributed by atoms with Crippen LogP contribution >= 0.6 is 0 Å². The molecule has 2 heterocycles. The van der Waals surface area contributed by atoms with Crippen LogP contribution in [0.2, 0.25) is 0 Å². The molecule has 0 aliphatic heterocycles. The Bertz CT molecular complexity index is 998. The lowest BCUT2D eigenvalue weighted by atomic mass is 10.2. The number of aromatic nitrogens is 3. The van der Waals surface area contributed by atoms with E-state index in [0.29, 0.717) is 17.9 Å². The Morgan fingerprint density at radius 2 is 2.08 bits per heavy atom. The zero-order chi connectivity index (χ0) is 17.3. The van der Waals surface area contributed by atoms with Crippen LogP contribution in [0.1, 0.15) is 23.1 Å². The number of aryl methyl sites for hydroxylation is 2. The van der Waals surface area contributed by atoms with Gasteiger partial charge in [0.05, 0.1) is 10.9 Å². The van der Waals surface area contributed by atoms with E-state index < -0.39 is 17.2 Å². The number of fused-ring (bicyclic) bond motifs is 1. The summed E-state index contributed by atoms with van der Waals surface area (Å²) in [7, 11) is 0. The van der Waals surface area contributed by atoms with Crippen LogP contribution in [0.15, 0.2) is 41.2 Å². The Morgan fingerprint density at radius 1 is 1.29 bits per heavy atom. The second-order valence-corrected chi connectivity index (χ2v) is 5.27. The number of benzene rings is 1. The second kappa shape index (κ2) is 6.19. The Morgan fingerprint density at radius 3 is 2.79 bits per heavy atom. The van der Waals surface area contributed by atoms with Gasteiger partial charge in [0.1, 0.15) is 11.6 Å². The molecule has 3 aromatic rings. The summed E-state index contributed by atoms with van der Waals surface area (Å²) in [5, 5.41) is 6.78. The zero-order valence-electron chi connectivity index (χ0n) is 13.2. The number of rotatable bonds is 3. The summed E-state index contributed by atoms with van der Waals surface area (Å²) in [6.45, 7) is 4.05. The molecule has 0 fully saturated rings. The molecular formula is C17H15FN4O2. The first-order valence-corrected chi connectivity index (χ1v) is 7.45. The van der Waals surface area contributed by atoms with Crippen molar-refractivity contribution in [3.63, 3.8) is 0 Å². The third-order valence-corrected chi connectivity index (χ3v) is 3.56. The Labute approximate surface area is 137 Å². The van der Waals surface area contributed by atoms with Gasteiger partial charge in [-0.1, -0.05) is 6.07 Å². The summed E-state index contributed by atoms with van der Waals surface area (Å²) in [6.07, 6.45) is 0. The number of nitrogens with one attached hydrogen (secondary N) is 1. The van der Waals surface area contributed by atoms with Gasteiger partial charge >= 0.3 is 0 Å². The summed E-state index contributed by atoms with van der Waals surface area (Å²) >= 11 is 0. The highest BCUT2D eigenvalue weighted by atomic mass is 19.1. The normalized spacial score (nSPS) is 10.8. The molecule has 6 nitrogen and oxygen atoms in total. The molecular weight excluding hydrogens is 311 g/mol. The predicted molar refractivity (Wildman–Crippen MR) is 88.6 cm³/mol. The maximum atomic E-state index is 13.5. The molecule has 0 saturated heterocycles. The van der Waals surface area contributed by atoms with E-state index in [2.05, 4.69) is 15.4 Å². The molecule has 3 rings (SSSR count). The number of carbonyl (C=O) groups excluding carboxylic acids is 1. The van der Waals surface area contributed by atoms with Crippen LogP contribution in [0.3, 0.4) is 0 Å². The second-order valence-electron chi connectivity index (χ2n) is 5.27. The number of pyridine rings is 1. The van der Waals surface area contributed by atoms with Crippen LogP contribution < -0.4 is 10.7 Å². The average molecular weight is 326 g/mol. The van der Waals surface area contributed by atoms with Gasteiger partial charge in [-0.3, -0.25) is 14.3 Å². The van der Waals surface area contributed by atoms with Crippen LogP contribution in [0.4, 0.5) is 10.2 Å². The summed E-state index contributed by atoms with van der Waals surface area (Å²) in [6, 6.07) is 9.00. The standard InChI is InChI=1S/C17H15FN4O2/c1-3-22-13-8-7-11(18)9-12(13)16(23)15(21-22)17(24)20-14-6-4-5-10(2)19-14/h4-9H,3H2,1-2H3,(H,19,20,24). The quantitative estimate of drug-likeness (QED) is 0.802. The minimum atomic E-state index is -0.675. The lowest BCUT2D eigenvalue weighted by Gasteiger charge is -2.10. The average Bonchev–Trinajstić information content (AvgIpc) is 2.55. The van der Waals surface area contributed by atoms with Crippen LogP contribution in [0.5, 0.6) is 0 Å². The van der Waals surface area contributed by atoms with E-state index >= 15 is 0 Å². The summed E-state index contributed by atoms with van der Waals surface area (Å²) in [5.74, 6) is -0.893. The van der Waals surface area contributed by atoms with E-state index in [1.54, 1.807) is 25.1 Å². The van der Waals surface area contributed by atoms with Crippen molar-refractivity contribution in [2.24, 2.45) is 0 Å². The van der Waals surface area contributed by atoms with Crippen molar-refractivity contribution in [3.8, 4) is 0 Å². The van der Waals surface area contributed by atoms with Gasteiger partial charge < -0.3 is 5.32 Å². The van der Waals surface area contributed by atoms with E-state index in [9.17, 15) is 14.0 Å². The van der Waals surface area contributed by atoms with E-state index in [1.165, 1.54) is 16.8 Å². The Hall–Kier alpha value is -3.09. The number of amides is 1. The van der Waals surface area contributed by atoms with Crippen LogP contribution in [0, 0.1) is 12.7 Å². The minimum absolute atomic E-state index is 0.120. The summed E-state index contributed by atoms with van der Waals surface area (Å²) in [5.41, 5.74) is 0.305. The van der Waals surface area contributed by atoms with E-state index in [4.69, 9.17) is 0 Å². The van der Waals surface area contributed by atoms with Crippen molar-refractivity contribution in [2.45, 2.75) is 20.4 Å². The predicted octanol–water partition coefficient (Wildman–Crippen LogP) is 2.51. The minimum Gasteiger partial charge on any atom is -0.305 e. The van der Waals surface area contributed by atoms with E-state index in [1.807, 2.05) is 6.92 Å². The first-order valence-electron chi connectivity index (χ1n) is 7.45. The van der Waals surface area contributed by atoms with Gasteiger partial charge in [-0.2, -0.15) is 5.10 Å². The molecule has 0 bridgehead atoms. The van der Waals surface area contributed by atoms with Crippen LogP contribution in [-0.4, -0.2) is 20.7 Å². The van der Waals surface area contributed by atoms with Crippen molar-refractivity contribution >= 4 is 22.6 Å². The number of nitrogens with zero attached hydrogens (tertiary/aromatic N) is 3. The van der Waals surface area contributed by atoms with Crippen molar-refractivity contribution in [1.29, 1.82) is 0 Å². The molecule has 1 aromatic carbocycles. The van der Waals surface area contributed by atoms with Crippen molar-refractivity contribution in [1.82, 2.24) is 14.8 Å². The van der Waals surface area contributed by atoms with E-state index in [-0.39, 0.29) is 11.1 Å². The monoisotopic (exact) mass is 326 g/mol. The first-order chi connectivity index (χ1) is 11.5. The first kappa shape index (κ1) is 15.8. The molecule has 7 heteroatoms. The molecule has 24 heavy (non-hydrogen) atoms. The van der Waals surface area contributed by atoms with Gasteiger partial charge in [-0.05, 0) is 44.2 Å². The molecule has 0 radical (unpaired) electrons.